The molecule has 4 aliphatic carbocycles. The molecule has 0 radical (unpaired) electrons. The maximum Gasteiger partial charge on any atom is 0.143 e. The van der Waals surface area contributed by atoms with Crippen molar-refractivity contribution in [3.8, 4) is 0 Å². The number of fused-ring (bicyclic) bond motifs is 5. The molecule has 3 fully saturated rings. The molecule has 0 spiro atoms. The van der Waals surface area contributed by atoms with Gasteiger partial charge >= 0.3 is 0 Å². The SMILES string of the molecule is BC(O)(CCCC1CCC2C3CC=C4CC(O)CCC4(C)C3CCC12C)C(C)C. The minimum absolute atomic E-state index is 0.0985. The highest BCUT2D eigenvalue weighted by Crippen LogP contribution is 2.66. The van der Waals surface area contributed by atoms with Gasteiger partial charge in [0, 0.05) is 5.50 Å². The van der Waals surface area contributed by atoms with Crippen molar-refractivity contribution in [1.82, 2.24) is 0 Å². The molecule has 0 aromatic heterocycles. The van der Waals surface area contributed by atoms with Crippen LogP contribution < -0.4 is 0 Å². The van der Waals surface area contributed by atoms with Crippen molar-refractivity contribution in [2.45, 2.75) is 110 Å². The number of hydrogen-bond donors (Lipinski definition) is 2. The van der Waals surface area contributed by atoms with Crippen molar-refractivity contribution < 1.29 is 10.2 Å². The topological polar surface area (TPSA) is 40.5 Å². The van der Waals surface area contributed by atoms with Crippen LogP contribution in [0.4, 0.5) is 0 Å². The molecule has 0 aromatic carbocycles. The van der Waals surface area contributed by atoms with Crippen molar-refractivity contribution in [3.63, 3.8) is 0 Å². The Morgan fingerprint density at radius 2 is 1.90 bits per heavy atom. The second-order valence-electron chi connectivity index (χ2n) is 12.4. The number of aliphatic hydroxyl groups excluding tert-OH is 1. The first kappa shape index (κ1) is 21.9. The molecular formula is C26H45BO2. The van der Waals surface area contributed by atoms with Gasteiger partial charge in [-0.25, -0.2) is 0 Å². The average molecular weight is 400 g/mol. The third-order valence-corrected chi connectivity index (χ3v) is 10.8. The van der Waals surface area contributed by atoms with E-state index in [1.807, 2.05) is 7.85 Å². The summed E-state index contributed by atoms with van der Waals surface area (Å²) in [6, 6.07) is 0. The van der Waals surface area contributed by atoms with E-state index in [1.165, 1.54) is 51.4 Å². The van der Waals surface area contributed by atoms with E-state index in [0.29, 0.717) is 16.7 Å². The summed E-state index contributed by atoms with van der Waals surface area (Å²) in [5.41, 5.74) is 1.95. The summed E-state index contributed by atoms with van der Waals surface area (Å²) in [6.45, 7) is 9.44. The van der Waals surface area contributed by atoms with E-state index in [-0.39, 0.29) is 6.10 Å². The number of rotatable bonds is 5. The van der Waals surface area contributed by atoms with Gasteiger partial charge in [0.1, 0.15) is 7.85 Å². The molecule has 29 heavy (non-hydrogen) atoms. The summed E-state index contributed by atoms with van der Waals surface area (Å²) < 4.78 is 0. The molecule has 0 aliphatic heterocycles. The van der Waals surface area contributed by atoms with Crippen LogP contribution >= 0.6 is 0 Å². The Morgan fingerprint density at radius 1 is 1.14 bits per heavy atom. The first-order chi connectivity index (χ1) is 13.6. The molecule has 164 valence electrons. The first-order valence-corrected chi connectivity index (χ1v) is 12.7. The monoisotopic (exact) mass is 400 g/mol. The summed E-state index contributed by atoms with van der Waals surface area (Å²) in [5, 5.41) is 20.8. The first-order valence-electron chi connectivity index (χ1n) is 12.7. The lowest BCUT2D eigenvalue weighted by atomic mass is 9.47. The van der Waals surface area contributed by atoms with Crippen molar-refractivity contribution >= 4 is 7.85 Å². The van der Waals surface area contributed by atoms with Crippen molar-refractivity contribution in [2.75, 3.05) is 0 Å². The Bertz CT molecular complexity index is 641. The highest BCUT2D eigenvalue weighted by molar-refractivity contribution is 6.14. The molecule has 0 heterocycles. The smallest absolute Gasteiger partial charge is 0.143 e. The normalized spacial score (nSPS) is 46.4. The van der Waals surface area contributed by atoms with Crippen molar-refractivity contribution in [1.29, 1.82) is 0 Å². The average Bonchev–Trinajstić information content (AvgIpc) is 2.99. The predicted molar refractivity (Wildman–Crippen MR) is 123 cm³/mol. The van der Waals surface area contributed by atoms with Crippen LogP contribution in [-0.4, -0.2) is 29.7 Å². The zero-order chi connectivity index (χ0) is 21.0. The van der Waals surface area contributed by atoms with Gasteiger partial charge in [0.2, 0.25) is 0 Å². The largest absolute Gasteiger partial charge is 0.399 e. The van der Waals surface area contributed by atoms with E-state index in [4.69, 9.17) is 0 Å². The lowest BCUT2D eigenvalue weighted by Gasteiger charge is -2.58. The lowest BCUT2D eigenvalue weighted by Crippen LogP contribution is -2.50. The quantitative estimate of drug-likeness (QED) is 0.499. The van der Waals surface area contributed by atoms with E-state index < -0.39 is 5.50 Å². The minimum Gasteiger partial charge on any atom is -0.399 e. The molecule has 8 atom stereocenters. The van der Waals surface area contributed by atoms with Crippen LogP contribution in [0.2, 0.25) is 0 Å². The van der Waals surface area contributed by atoms with Gasteiger partial charge in [0.05, 0.1) is 6.10 Å². The van der Waals surface area contributed by atoms with E-state index in [2.05, 4.69) is 33.8 Å². The Labute approximate surface area is 180 Å². The molecule has 0 bridgehead atoms. The zero-order valence-electron chi connectivity index (χ0n) is 19.7. The molecule has 3 saturated carbocycles. The lowest BCUT2D eigenvalue weighted by molar-refractivity contribution is -0.0514. The van der Waals surface area contributed by atoms with Crippen molar-refractivity contribution in [3.05, 3.63) is 11.6 Å². The summed E-state index contributed by atoms with van der Waals surface area (Å²) in [5.74, 6) is 3.78. The van der Waals surface area contributed by atoms with Crippen LogP contribution in [0.3, 0.4) is 0 Å². The Morgan fingerprint density at radius 3 is 2.62 bits per heavy atom. The van der Waals surface area contributed by atoms with Crippen LogP contribution in [0.5, 0.6) is 0 Å². The Hall–Kier alpha value is -0.275. The zero-order valence-corrected chi connectivity index (χ0v) is 19.7. The van der Waals surface area contributed by atoms with Gasteiger partial charge < -0.3 is 10.2 Å². The highest BCUT2D eigenvalue weighted by atomic mass is 16.3. The molecule has 0 amide bonds. The van der Waals surface area contributed by atoms with Crippen LogP contribution in [0.25, 0.3) is 0 Å². The van der Waals surface area contributed by atoms with E-state index >= 15 is 0 Å². The fourth-order valence-electron chi connectivity index (χ4n) is 8.22. The molecular weight excluding hydrogens is 355 g/mol. The van der Waals surface area contributed by atoms with Gasteiger partial charge in [-0.15, -0.1) is 0 Å². The van der Waals surface area contributed by atoms with Crippen LogP contribution in [0, 0.1) is 40.4 Å². The molecule has 0 saturated heterocycles. The van der Waals surface area contributed by atoms with Gasteiger partial charge in [-0.2, -0.15) is 0 Å². The van der Waals surface area contributed by atoms with Crippen LogP contribution in [0.15, 0.2) is 11.6 Å². The number of hydrogen-bond acceptors (Lipinski definition) is 2. The number of allylic oxidation sites excluding steroid dienone is 1. The van der Waals surface area contributed by atoms with Gasteiger partial charge in [-0.1, -0.05) is 45.8 Å². The summed E-state index contributed by atoms with van der Waals surface area (Å²) >= 11 is 0. The van der Waals surface area contributed by atoms with Gasteiger partial charge in [-0.3, -0.25) is 0 Å². The van der Waals surface area contributed by atoms with Crippen molar-refractivity contribution in [2.24, 2.45) is 40.4 Å². The molecule has 0 aromatic rings. The number of aliphatic hydroxyl groups is 2. The maximum atomic E-state index is 10.6. The molecule has 3 heteroatoms. The van der Waals surface area contributed by atoms with E-state index in [0.717, 1.165) is 42.9 Å². The Kier molecular flexibility index (Phi) is 5.82. The molecule has 8 unspecified atom stereocenters. The second-order valence-corrected chi connectivity index (χ2v) is 12.4. The van der Waals surface area contributed by atoms with Gasteiger partial charge in [-0.05, 0) is 105 Å². The maximum absolute atomic E-state index is 10.6. The summed E-state index contributed by atoms with van der Waals surface area (Å²) in [6.07, 6.45) is 15.9. The highest BCUT2D eigenvalue weighted by Gasteiger charge is 2.58. The van der Waals surface area contributed by atoms with Gasteiger partial charge in [0.15, 0.2) is 0 Å². The summed E-state index contributed by atoms with van der Waals surface area (Å²) in [7, 11) is 2.02. The van der Waals surface area contributed by atoms with Gasteiger partial charge in [0.25, 0.3) is 0 Å². The minimum atomic E-state index is -0.513. The summed E-state index contributed by atoms with van der Waals surface area (Å²) in [4.78, 5) is 0. The third kappa shape index (κ3) is 3.67. The molecule has 4 rings (SSSR count). The van der Waals surface area contributed by atoms with E-state index in [9.17, 15) is 10.2 Å². The predicted octanol–water partition coefficient (Wildman–Crippen LogP) is 5.07. The van der Waals surface area contributed by atoms with Crippen LogP contribution in [-0.2, 0) is 0 Å². The Balaban J connectivity index is 1.45. The third-order valence-electron chi connectivity index (χ3n) is 10.8. The van der Waals surface area contributed by atoms with E-state index in [1.54, 1.807) is 5.57 Å². The standard InChI is InChI=1S/C26H45BO2/c1-17(2)26(27,29)13-5-6-18-8-10-22-21-9-7-19-16-20(28)11-14-25(19,4)23(21)12-15-24(18,22)3/h7,17-18,20-23,28-29H,5-6,8-16,27H2,1-4H3. The van der Waals surface area contributed by atoms with Crippen LogP contribution in [0.1, 0.15) is 98.3 Å². The molecule has 4 aliphatic rings. The fourth-order valence-corrected chi connectivity index (χ4v) is 8.22. The molecule has 2 nitrogen and oxygen atoms in total. The molecule has 2 N–H and O–H groups in total. The fraction of sp³-hybridized carbons (Fsp3) is 0.923. The second kappa shape index (κ2) is 7.70.